The number of carbonyl (C=O) groups excluding carboxylic acids is 3. The van der Waals surface area contributed by atoms with Gasteiger partial charge in [-0.05, 0) is 6.07 Å². The minimum Gasteiger partial charge on any atom is -0.461 e. The molecule has 0 aromatic heterocycles. The van der Waals surface area contributed by atoms with Gasteiger partial charge in [-0.25, -0.2) is 4.79 Å². The van der Waals surface area contributed by atoms with Crippen LogP contribution in [0.1, 0.15) is 31.8 Å². The van der Waals surface area contributed by atoms with E-state index in [0.29, 0.717) is 34.5 Å². The summed E-state index contributed by atoms with van der Waals surface area (Å²) in [5, 5.41) is 3.05. The van der Waals surface area contributed by atoms with E-state index in [4.69, 9.17) is 4.74 Å². The third kappa shape index (κ3) is 2.72. The molecule has 0 unspecified atom stereocenters. The van der Waals surface area contributed by atoms with E-state index >= 15 is 0 Å². The van der Waals surface area contributed by atoms with Gasteiger partial charge in [0.25, 0.3) is 0 Å². The van der Waals surface area contributed by atoms with Crippen molar-refractivity contribution in [2.45, 2.75) is 0 Å². The highest BCUT2D eigenvalue weighted by atomic mass is 16.5. The van der Waals surface area contributed by atoms with Crippen molar-refractivity contribution in [3.05, 3.63) is 77.4 Å². The first kappa shape index (κ1) is 15.7. The Morgan fingerprint density at radius 1 is 1.00 bits per heavy atom. The van der Waals surface area contributed by atoms with E-state index in [9.17, 15) is 14.4 Å². The molecule has 0 fully saturated rings. The number of hydrogen-bond donors (Lipinski definition) is 1. The van der Waals surface area contributed by atoms with Crippen LogP contribution >= 0.6 is 0 Å². The van der Waals surface area contributed by atoms with Crippen LogP contribution in [0.5, 0.6) is 0 Å². The summed E-state index contributed by atoms with van der Waals surface area (Å²) < 4.78 is 4.89. The Balaban J connectivity index is 1.87. The van der Waals surface area contributed by atoms with Gasteiger partial charge < -0.3 is 10.1 Å². The molecule has 2 aromatic carbocycles. The van der Waals surface area contributed by atoms with Gasteiger partial charge in [0.05, 0.1) is 5.56 Å². The average molecular weight is 321 g/mol. The van der Waals surface area contributed by atoms with E-state index < -0.39 is 5.97 Å². The van der Waals surface area contributed by atoms with Gasteiger partial charge in [-0.2, -0.15) is 0 Å². The van der Waals surface area contributed by atoms with Crippen LogP contribution < -0.4 is 5.32 Å². The number of benzene rings is 2. The van der Waals surface area contributed by atoms with Crippen LogP contribution in [0.2, 0.25) is 0 Å². The van der Waals surface area contributed by atoms with Gasteiger partial charge in [-0.15, -0.1) is 0 Å². The Labute approximate surface area is 138 Å². The molecule has 0 saturated carbocycles. The van der Waals surface area contributed by atoms with E-state index in [1.54, 1.807) is 42.5 Å². The highest BCUT2D eigenvalue weighted by Gasteiger charge is 2.31. The molecular weight excluding hydrogens is 306 g/mol. The Hall–Kier alpha value is -3.21. The molecule has 0 aliphatic heterocycles. The monoisotopic (exact) mass is 321 g/mol. The van der Waals surface area contributed by atoms with Gasteiger partial charge >= 0.3 is 5.97 Å². The smallest absolute Gasteiger partial charge is 0.330 e. The summed E-state index contributed by atoms with van der Waals surface area (Å²) in [6.07, 6.45) is 1.09. The lowest BCUT2D eigenvalue weighted by Gasteiger charge is -2.20. The van der Waals surface area contributed by atoms with E-state index in [2.05, 4.69) is 11.9 Å². The SMILES string of the molecule is C=CC(=O)OCCNc1cccc2c1C(=O)c1ccccc1C2=O. The fourth-order valence-corrected chi connectivity index (χ4v) is 2.69. The largest absolute Gasteiger partial charge is 0.461 e. The Morgan fingerprint density at radius 3 is 2.38 bits per heavy atom. The van der Waals surface area contributed by atoms with Crippen molar-refractivity contribution in [2.75, 3.05) is 18.5 Å². The predicted octanol–water partition coefficient (Wildman–Crippen LogP) is 2.60. The molecule has 0 saturated heterocycles. The summed E-state index contributed by atoms with van der Waals surface area (Å²) in [7, 11) is 0. The molecule has 0 radical (unpaired) electrons. The first-order valence-corrected chi connectivity index (χ1v) is 7.48. The number of fused-ring (bicyclic) bond motifs is 2. The van der Waals surface area contributed by atoms with Crippen LogP contribution in [0.3, 0.4) is 0 Å². The average Bonchev–Trinajstić information content (AvgIpc) is 2.62. The maximum atomic E-state index is 12.8. The van der Waals surface area contributed by atoms with Crippen LogP contribution in [0, 0.1) is 0 Å². The quantitative estimate of drug-likeness (QED) is 0.444. The number of anilines is 1. The Kier molecular flexibility index (Phi) is 4.24. The summed E-state index contributed by atoms with van der Waals surface area (Å²) >= 11 is 0. The molecule has 1 N–H and O–H groups in total. The zero-order valence-corrected chi connectivity index (χ0v) is 12.9. The van der Waals surface area contributed by atoms with Gasteiger partial charge in [0.2, 0.25) is 0 Å². The topological polar surface area (TPSA) is 72.5 Å². The second-order valence-corrected chi connectivity index (χ2v) is 5.23. The lowest BCUT2D eigenvalue weighted by Crippen LogP contribution is -2.23. The summed E-state index contributed by atoms with van der Waals surface area (Å²) in [6, 6.07) is 11.9. The van der Waals surface area contributed by atoms with Crippen LogP contribution in [0.25, 0.3) is 0 Å². The fourth-order valence-electron chi connectivity index (χ4n) is 2.69. The molecule has 2 aromatic rings. The first-order chi connectivity index (χ1) is 11.6. The third-order valence-corrected chi connectivity index (χ3v) is 3.78. The number of carbonyl (C=O) groups is 3. The van der Waals surface area contributed by atoms with E-state index in [1.807, 2.05) is 0 Å². The van der Waals surface area contributed by atoms with Gasteiger partial charge in [-0.3, -0.25) is 9.59 Å². The van der Waals surface area contributed by atoms with Crippen molar-refractivity contribution in [3.8, 4) is 0 Å². The molecule has 1 aliphatic rings. The molecule has 0 bridgehead atoms. The van der Waals surface area contributed by atoms with Crippen LogP contribution in [-0.4, -0.2) is 30.7 Å². The van der Waals surface area contributed by atoms with Crippen molar-refractivity contribution in [1.82, 2.24) is 0 Å². The van der Waals surface area contributed by atoms with Gasteiger partial charge in [0, 0.05) is 35.0 Å². The highest BCUT2D eigenvalue weighted by molar-refractivity contribution is 6.30. The second kappa shape index (κ2) is 6.50. The summed E-state index contributed by atoms with van der Waals surface area (Å²) in [5.74, 6) is -0.861. The standard InChI is InChI=1S/C19H15NO4/c1-2-16(21)24-11-10-20-15-9-5-8-14-17(15)19(23)13-7-4-3-6-12(13)18(14)22/h2-9,20H,1,10-11H2. The van der Waals surface area contributed by atoms with Gasteiger partial charge in [0.15, 0.2) is 11.6 Å². The first-order valence-electron chi connectivity index (χ1n) is 7.48. The molecule has 120 valence electrons. The molecule has 24 heavy (non-hydrogen) atoms. The molecule has 5 heteroatoms. The molecule has 0 atom stereocenters. The molecule has 0 heterocycles. The van der Waals surface area contributed by atoms with Crippen LogP contribution in [-0.2, 0) is 9.53 Å². The number of nitrogens with one attached hydrogen (secondary N) is 1. The highest BCUT2D eigenvalue weighted by Crippen LogP contribution is 2.31. The summed E-state index contributed by atoms with van der Waals surface area (Å²) in [6.45, 7) is 3.77. The number of ether oxygens (including phenoxy) is 1. The van der Waals surface area contributed by atoms with Crippen LogP contribution in [0.4, 0.5) is 5.69 Å². The van der Waals surface area contributed by atoms with Gasteiger partial charge in [-0.1, -0.05) is 43.0 Å². The molecular formula is C19H15NO4. The van der Waals surface area contributed by atoms with Crippen molar-refractivity contribution in [2.24, 2.45) is 0 Å². The summed E-state index contributed by atoms with van der Waals surface area (Å²) in [5.41, 5.74) is 2.12. The zero-order valence-electron chi connectivity index (χ0n) is 12.9. The Bertz CT molecular complexity index is 854. The molecule has 0 spiro atoms. The lowest BCUT2D eigenvalue weighted by atomic mass is 9.83. The Morgan fingerprint density at radius 2 is 1.67 bits per heavy atom. The fraction of sp³-hybridized carbons (Fsp3) is 0.105. The van der Waals surface area contributed by atoms with Crippen molar-refractivity contribution < 1.29 is 19.1 Å². The van der Waals surface area contributed by atoms with E-state index in [0.717, 1.165) is 6.08 Å². The number of esters is 1. The number of ketones is 2. The molecule has 5 nitrogen and oxygen atoms in total. The van der Waals surface area contributed by atoms with Crippen molar-refractivity contribution in [3.63, 3.8) is 0 Å². The number of rotatable bonds is 5. The van der Waals surface area contributed by atoms with Gasteiger partial charge in [0.1, 0.15) is 6.61 Å². The third-order valence-electron chi connectivity index (χ3n) is 3.78. The maximum absolute atomic E-state index is 12.8. The van der Waals surface area contributed by atoms with Crippen molar-refractivity contribution in [1.29, 1.82) is 0 Å². The van der Waals surface area contributed by atoms with E-state index in [-0.39, 0.29) is 18.2 Å². The molecule has 0 amide bonds. The van der Waals surface area contributed by atoms with Crippen LogP contribution in [0.15, 0.2) is 55.1 Å². The second-order valence-electron chi connectivity index (χ2n) is 5.23. The minimum absolute atomic E-state index is 0.132. The van der Waals surface area contributed by atoms with E-state index in [1.165, 1.54) is 0 Å². The minimum atomic E-state index is -0.507. The summed E-state index contributed by atoms with van der Waals surface area (Å²) in [4.78, 5) is 36.4. The zero-order chi connectivity index (χ0) is 17.1. The molecule has 3 rings (SSSR count). The number of hydrogen-bond acceptors (Lipinski definition) is 5. The maximum Gasteiger partial charge on any atom is 0.330 e. The van der Waals surface area contributed by atoms with Crippen molar-refractivity contribution >= 4 is 23.2 Å². The predicted molar refractivity (Wildman–Crippen MR) is 89.4 cm³/mol. The lowest BCUT2D eigenvalue weighted by molar-refractivity contribution is -0.137. The molecule has 1 aliphatic carbocycles. The normalized spacial score (nSPS) is 12.2.